The van der Waals surface area contributed by atoms with Crippen LogP contribution in [0.25, 0.3) is 0 Å². The number of rotatable bonds is 6. The molecule has 98 valence electrons. The van der Waals surface area contributed by atoms with Gasteiger partial charge < -0.3 is 5.11 Å². The Morgan fingerprint density at radius 3 is 2.56 bits per heavy atom. The molecule has 0 aromatic heterocycles. The van der Waals surface area contributed by atoms with E-state index < -0.39 is 11.5 Å². The lowest BCUT2D eigenvalue weighted by Gasteiger charge is -2.26. The first-order chi connectivity index (χ1) is 8.51. The van der Waals surface area contributed by atoms with Crippen LogP contribution in [0.3, 0.4) is 0 Å². The highest BCUT2D eigenvalue weighted by Crippen LogP contribution is 2.32. The summed E-state index contributed by atoms with van der Waals surface area (Å²) in [6.45, 7) is 3.94. The maximum absolute atomic E-state index is 11.4. The van der Waals surface area contributed by atoms with Gasteiger partial charge in [0.05, 0.1) is 0 Å². The Kier molecular flexibility index (Phi) is 3.71. The molecule has 3 nitrogen and oxygen atoms in total. The monoisotopic (exact) mass is 247 g/mol. The van der Waals surface area contributed by atoms with Gasteiger partial charge >= 0.3 is 5.97 Å². The van der Waals surface area contributed by atoms with E-state index in [4.69, 9.17) is 0 Å². The first-order valence-electron chi connectivity index (χ1n) is 6.56. The van der Waals surface area contributed by atoms with Crippen LogP contribution < -0.4 is 5.32 Å². The lowest BCUT2D eigenvalue weighted by atomic mass is 9.93. The Balaban J connectivity index is 1.95. The number of benzene rings is 1. The number of hydrogen-bond acceptors (Lipinski definition) is 2. The van der Waals surface area contributed by atoms with Gasteiger partial charge in [0.15, 0.2) is 0 Å². The second-order valence-corrected chi connectivity index (χ2v) is 5.59. The summed E-state index contributed by atoms with van der Waals surface area (Å²) < 4.78 is 0. The van der Waals surface area contributed by atoms with Crippen molar-refractivity contribution in [1.29, 1.82) is 0 Å². The van der Waals surface area contributed by atoms with Crippen LogP contribution in [-0.2, 0) is 11.2 Å². The van der Waals surface area contributed by atoms with Crippen molar-refractivity contribution < 1.29 is 9.90 Å². The summed E-state index contributed by atoms with van der Waals surface area (Å²) in [5.41, 5.74) is 0.376. The maximum atomic E-state index is 11.4. The molecular formula is C15H21NO2. The van der Waals surface area contributed by atoms with E-state index in [1.807, 2.05) is 30.3 Å². The van der Waals surface area contributed by atoms with Crippen LogP contribution in [0.2, 0.25) is 0 Å². The molecule has 3 atom stereocenters. The maximum Gasteiger partial charge on any atom is 0.323 e. The van der Waals surface area contributed by atoms with Gasteiger partial charge in [0.2, 0.25) is 0 Å². The van der Waals surface area contributed by atoms with E-state index in [0.29, 0.717) is 18.4 Å². The zero-order chi connectivity index (χ0) is 13.2. The van der Waals surface area contributed by atoms with E-state index in [2.05, 4.69) is 12.2 Å². The van der Waals surface area contributed by atoms with E-state index in [1.54, 1.807) is 6.92 Å². The van der Waals surface area contributed by atoms with Crippen LogP contribution in [0, 0.1) is 5.92 Å². The summed E-state index contributed by atoms with van der Waals surface area (Å²) in [5, 5.41) is 12.7. The predicted molar refractivity (Wildman–Crippen MR) is 71.5 cm³/mol. The fraction of sp³-hybridized carbons (Fsp3) is 0.533. The normalized spacial score (nSPS) is 25.4. The van der Waals surface area contributed by atoms with Crippen molar-refractivity contribution in [2.75, 3.05) is 0 Å². The van der Waals surface area contributed by atoms with Gasteiger partial charge in [-0.05, 0) is 37.7 Å². The standard InChI is InChI=1S/C15H21NO2/c1-11-10-13(11)16-15(2,14(17)18)9-8-12-6-4-3-5-7-12/h3-7,11,13,16H,8-10H2,1-2H3,(H,17,18). The number of carboxylic acid groups (broad SMARTS) is 1. The van der Waals surface area contributed by atoms with Gasteiger partial charge in [0.1, 0.15) is 5.54 Å². The van der Waals surface area contributed by atoms with Crippen molar-refractivity contribution in [3.63, 3.8) is 0 Å². The van der Waals surface area contributed by atoms with Gasteiger partial charge in [-0.3, -0.25) is 10.1 Å². The van der Waals surface area contributed by atoms with Crippen LogP contribution in [-0.4, -0.2) is 22.7 Å². The first-order valence-corrected chi connectivity index (χ1v) is 6.56. The molecule has 3 unspecified atom stereocenters. The van der Waals surface area contributed by atoms with Crippen molar-refractivity contribution >= 4 is 5.97 Å². The Bertz CT molecular complexity index is 418. The molecule has 1 aliphatic rings. The van der Waals surface area contributed by atoms with Crippen molar-refractivity contribution in [3.05, 3.63) is 35.9 Å². The molecular weight excluding hydrogens is 226 g/mol. The van der Waals surface area contributed by atoms with Crippen molar-refractivity contribution in [3.8, 4) is 0 Å². The Morgan fingerprint density at radius 1 is 1.44 bits per heavy atom. The van der Waals surface area contributed by atoms with Gasteiger partial charge in [-0.2, -0.15) is 0 Å². The minimum Gasteiger partial charge on any atom is -0.480 e. The van der Waals surface area contributed by atoms with E-state index in [1.165, 1.54) is 5.56 Å². The minimum absolute atomic E-state index is 0.377. The van der Waals surface area contributed by atoms with E-state index >= 15 is 0 Å². The Hall–Kier alpha value is -1.35. The largest absolute Gasteiger partial charge is 0.480 e. The highest BCUT2D eigenvalue weighted by molar-refractivity contribution is 5.78. The predicted octanol–water partition coefficient (Wildman–Crippen LogP) is 2.46. The summed E-state index contributed by atoms with van der Waals surface area (Å²) in [5.74, 6) is -0.141. The Labute approximate surface area is 108 Å². The lowest BCUT2D eigenvalue weighted by Crippen LogP contribution is -2.51. The smallest absolute Gasteiger partial charge is 0.323 e. The van der Waals surface area contributed by atoms with Gasteiger partial charge in [-0.25, -0.2) is 0 Å². The molecule has 0 spiro atoms. The second kappa shape index (κ2) is 5.11. The molecule has 1 aliphatic carbocycles. The number of nitrogens with one attached hydrogen (secondary N) is 1. The summed E-state index contributed by atoms with van der Waals surface area (Å²) in [4.78, 5) is 11.4. The average Bonchev–Trinajstić information content (AvgIpc) is 3.03. The van der Waals surface area contributed by atoms with E-state index in [-0.39, 0.29) is 0 Å². The third kappa shape index (κ3) is 3.10. The average molecular weight is 247 g/mol. The summed E-state index contributed by atoms with van der Waals surface area (Å²) >= 11 is 0. The van der Waals surface area contributed by atoms with Crippen molar-refractivity contribution in [1.82, 2.24) is 5.32 Å². The quantitative estimate of drug-likeness (QED) is 0.812. The highest BCUT2D eigenvalue weighted by Gasteiger charge is 2.42. The number of hydrogen-bond donors (Lipinski definition) is 2. The van der Waals surface area contributed by atoms with Crippen LogP contribution in [0.1, 0.15) is 32.3 Å². The minimum atomic E-state index is -0.814. The SMILES string of the molecule is CC1CC1NC(C)(CCc1ccccc1)C(=O)O. The first kappa shape index (κ1) is 13.1. The zero-order valence-corrected chi connectivity index (χ0v) is 11.0. The molecule has 0 heterocycles. The van der Waals surface area contributed by atoms with E-state index in [9.17, 15) is 9.90 Å². The molecule has 0 saturated heterocycles. The number of carboxylic acids is 1. The molecule has 1 saturated carbocycles. The molecule has 0 aliphatic heterocycles. The number of aliphatic carboxylic acids is 1. The molecule has 0 amide bonds. The summed E-state index contributed by atoms with van der Waals surface area (Å²) in [7, 11) is 0. The van der Waals surface area contributed by atoms with Crippen molar-refractivity contribution in [2.24, 2.45) is 5.92 Å². The topological polar surface area (TPSA) is 49.3 Å². The summed E-state index contributed by atoms with van der Waals surface area (Å²) in [6.07, 6.45) is 2.50. The Morgan fingerprint density at radius 2 is 2.06 bits per heavy atom. The van der Waals surface area contributed by atoms with Crippen LogP contribution >= 0.6 is 0 Å². The van der Waals surface area contributed by atoms with Crippen molar-refractivity contribution in [2.45, 2.75) is 44.7 Å². The second-order valence-electron chi connectivity index (χ2n) is 5.59. The fourth-order valence-corrected chi connectivity index (χ4v) is 2.21. The molecule has 2 N–H and O–H groups in total. The van der Waals surface area contributed by atoms with E-state index in [0.717, 1.165) is 12.8 Å². The van der Waals surface area contributed by atoms with Gasteiger partial charge in [-0.1, -0.05) is 37.3 Å². The molecule has 0 bridgehead atoms. The third-order valence-electron chi connectivity index (χ3n) is 3.84. The molecule has 1 aromatic carbocycles. The van der Waals surface area contributed by atoms with Crippen LogP contribution in [0.4, 0.5) is 0 Å². The molecule has 3 heteroatoms. The van der Waals surface area contributed by atoms with Crippen LogP contribution in [0.5, 0.6) is 0 Å². The van der Waals surface area contributed by atoms with Gasteiger partial charge in [0, 0.05) is 6.04 Å². The molecule has 0 radical (unpaired) electrons. The molecule has 1 aromatic rings. The fourth-order valence-electron chi connectivity index (χ4n) is 2.21. The molecule has 18 heavy (non-hydrogen) atoms. The lowest BCUT2D eigenvalue weighted by molar-refractivity contribution is -0.144. The number of aryl methyl sites for hydroxylation is 1. The zero-order valence-electron chi connectivity index (χ0n) is 11.0. The molecule has 2 rings (SSSR count). The highest BCUT2D eigenvalue weighted by atomic mass is 16.4. The van der Waals surface area contributed by atoms with Crippen LogP contribution in [0.15, 0.2) is 30.3 Å². The molecule has 1 fully saturated rings. The van der Waals surface area contributed by atoms with Gasteiger partial charge in [-0.15, -0.1) is 0 Å². The third-order valence-corrected chi connectivity index (χ3v) is 3.84. The van der Waals surface area contributed by atoms with Gasteiger partial charge in [0.25, 0.3) is 0 Å². The number of carbonyl (C=O) groups is 1. The summed E-state index contributed by atoms with van der Waals surface area (Å²) in [6, 6.07) is 10.4.